The molecule has 1 aliphatic carbocycles. The third kappa shape index (κ3) is 4.14. The molecule has 36 heavy (non-hydrogen) atoms. The molecule has 2 N–H and O–H groups in total. The van der Waals surface area contributed by atoms with Crippen LogP contribution in [0.3, 0.4) is 0 Å². The summed E-state index contributed by atoms with van der Waals surface area (Å²) in [6, 6.07) is 10.1. The summed E-state index contributed by atoms with van der Waals surface area (Å²) in [7, 11) is 0. The van der Waals surface area contributed by atoms with E-state index in [9.17, 15) is 14.0 Å². The van der Waals surface area contributed by atoms with Crippen LogP contribution in [0.2, 0.25) is 0 Å². The molecule has 10 nitrogen and oxygen atoms in total. The molecule has 4 heterocycles. The first kappa shape index (κ1) is 22.4. The largest absolute Gasteiger partial charge is 0.368 e. The van der Waals surface area contributed by atoms with E-state index in [1.54, 1.807) is 6.20 Å². The first-order valence-corrected chi connectivity index (χ1v) is 12.2. The maximum atomic E-state index is 13.2. The van der Waals surface area contributed by atoms with E-state index in [0.717, 1.165) is 43.2 Å². The summed E-state index contributed by atoms with van der Waals surface area (Å²) in [6.45, 7) is 3.30. The van der Waals surface area contributed by atoms with Gasteiger partial charge < -0.3 is 19.6 Å². The van der Waals surface area contributed by atoms with Gasteiger partial charge in [0.1, 0.15) is 17.2 Å². The molecule has 0 bridgehead atoms. The number of halogens is 1. The number of hydrogen-bond acceptors (Lipinski definition) is 8. The highest BCUT2D eigenvalue weighted by Gasteiger charge is 2.48. The molecule has 2 aliphatic heterocycles. The van der Waals surface area contributed by atoms with Gasteiger partial charge in [0, 0.05) is 49.5 Å². The van der Waals surface area contributed by atoms with Crippen molar-refractivity contribution in [2.24, 2.45) is 0 Å². The summed E-state index contributed by atoms with van der Waals surface area (Å²) in [4.78, 5) is 37.4. The normalized spacial score (nSPS) is 24.2. The average Bonchev–Trinajstić information content (AvgIpc) is 3.50. The van der Waals surface area contributed by atoms with Crippen molar-refractivity contribution >= 4 is 23.4 Å². The average molecular weight is 492 g/mol. The number of rotatable bonds is 4. The monoisotopic (exact) mass is 491 g/mol. The highest BCUT2D eigenvalue weighted by Crippen LogP contribution is 2.39. The molecule has 1 spiro atoms. The summed E-state index contributed by atoms with van der Waals surface area (Å²) in [5.74, 6) is 1.49. The lowest BCUT2D eigenvalue weighted by Crippen LogP contribution is -2.49. The van der Waals surface area contributed by atoms with Crippen LogP contribution in [0.4, 0.5) is 20.7 Å². The molecule has 3 amide bonds. The van der Waals surface area contributed by atoms with Crippen molar-refractivity contribution in [1.82, 2.24) is 25.8 Å². The number of carbonyl (C=O) groups is 2. The third-order valence-corrected chi connectivity index (χ3v) is 7.45. The Morgan fingerprint density at radius 2 is 1.69 bits per heavy atom. The minimum Gasteiger partial charge on any atom is -0.368 e. The summed E-state index contributed by atoms with van der Waals surface area (Å²) in [6.07, 6.45) is 4.19. The molecule has 6 rings (SSSR count). The van der Waals surface area contributed by atoms with Crippen LogP contribution in [0, 0.1) is 5.82 Å². The molecule has 1 saturated carbocycles. The lowest BCUT2D eigenvalue weighted by atomic mass is 9.76. The van der Waals surface area contributed by atoms with Crippen molar-refractivity contribution in [3.63, 3.8) is 0 Å². The van der Waals surface area contributed by atoms with Gasteiger partial charge in [-0.3, -0.25) is 10.1 Å². The number of urea groups is 1. The summed E-state index contributed by atoms with van der Waals surface area (Å²) in [5, 5.41) is 9.25. The van der Waals surface area contributed by atoms with Crippen molar-refractivity contribution in [2.75, 3.05) is 36.0 Å². The van der Waals surface area contributed by atoms with Crippen molar-refractivity contribution in [2.45, 2.75) is 37.1 Å². The number of nitrogens with zero attached hydrogens (tertiary/aromatic N) is 5. The molecule has 186 valence electrons. The SMILES string of the molecule is O=C1NC(=O)C2(CCC(c3nc(-c4ccc(N5CCN(c6ccc(F)cc6)CC5)nc4)no3)CC2)N1. The van der Waals surface area contributed by atoms with E-state index in [1.807, 2.05) is 24.3 Å². The van der Waals surface area contributed by atoms with E-state index in [2.05, 4.69) is 35.6 Å². The van der Waals surface area contributed by atoms with Crippen LogP contribution in [0.25, 0.3) is 11.4 Å². The quantitative estimate of drug-likeness (QED) is 0.536. The molecule has 1 aromatic carbocycles. The number of benzene rings is 1. The molecule has 0 unspecified atom stereocenters. The number of carbonyl (C=O) groups excluding carboxylic acids is 2. The Kier molecular flexibility index (Phi) is 5.54. The number of imide groups is 1. The second kappa shape index (κ2) is 8.89. The predicted octanol–water partition coefficient (Wildman–Crippen LogP) is 2.83. The van der Waals surface area contributed by atoms with Crippen molar-refractivity contribution in [3.8, 4) is 11.4 Å². The van der Waals surface area contributed by atoms with E-state index in [0.29, 0.717) is 37.4 Å². The highest BCUT2D eigenvalue weighted by atomic mass is 19.1. The first-order chi connectivity index (χ1) is 17.5. The molecule has 0 atom stereocenters. The fourth-order valence-electron chi connectivity index (χ4n) is 5.31. The van der Waals surface area contributed by atoms with Crippen LogP contribution in [0.15, 0.2) is 47.1 Å². The van der Waals surface area contributed by atoms with Gasteiger partial charge in [-0.25, -0.2) is 14.2 Å². The molecular formula is C25H26FN7O3. The van der Waals surface area contributed by atoms with Gasteiger partial charge in [-0.15, -0.1) is 0 Å². The van der Waals surface area contributed by atoms with Gasteiger partial charge in [0.15, 0.2) is 0 Å². The molecule has 0 radical (unpaired) electrons. The van der Waals surface area contributed by atoms with Crippen molar-refractivity contribution in [3.05, 3.63) is 54.3 Å². The van der Waals surface area contributed by atoms with Crippen molar-refractivity contribution in [1.29, 1.82) is 0 Å². The molecule has 2 saturated heterocycles. The zero-order valence-corrected chi connectivity index (χ0v) is 19.6. The van der Waals surface area contributed by atoms with E-state index < -0.39 is 11.6 Å². The number of piperazine rings is 1. The topological polar surface area (TPSA) is 116 Å². The minimum absolute atomic E-state index is 0.0480. The van der Waals surface area contributed by atoms with Crippen LogP contribution < -0.4 is 20.4 Å². The smallest absolute Gasteiger partial charge is 0.322 e. The number of nitrogens with one attached hydrogen (secondary N) is 2. The van der Waals surface area contributed by atoms with Gasteiger partial charge in [-0.1, -0.05) is 5.16 Å². The first-order valence-electron chi connectivity index (χ1n) is 12.2. The molecular weight excluding hydrogens is 465 g/mol. The summed E-state index contributed by atoms with van der Waals surface area (Å²) < 4.78 is 18.7. The Labute approximate surface area is 206 Å². The van der Waals surface area contributed by atoms with E-state index >= 15 is 0 Å². The van der Waals surface area contributed by atoms with E-state index in [1.165, 1.54) is 12.1 Å². The number of pyridine rings is 1. The van der Waals surface area contributed by atoms with E-state index in [-0.39, 0.29) is 17.6 Å². The van der Waals surface area contributed by atoms with Gasteiger partial charge in [-0.05, 0) is 62.1 Å². The van der Waals surface area contributed by atoms with Gasteiger partial charge in [0.25, 0.3) is 5.91 Å². The second-order valence-corrected chi connectivity index (χ2v) is 9.58. The number of hydrogen-bond donors (Lipinski definition) is 2. The highest BCUT2D eigenvalue weighted by molar-refractivity contribution is 6.07. The lowest BCUT2D eigenvalue weighted by molar-refractivity contribution is -0.125. The van der Waals surface area contributed by atoms with Crippen molar-refractivity contribution < 1.29 is 18.5 Å². The molecule has 11 heteroatoms. The van der Waals surface area contributed by atoms with Gasteiger partial charge in [0.2, 0.25) is 11.7 Å². The zero-order chi connectivity index (χ0) is 24.7. The molecule has 3 aromatic rings. The Morgan fingerprint density at radius 3 is 2.33 bits per heavy atom. The summed E-state index contributed by atoms with van der Waals surface area (Å²) >= 11 is 0. The van der Waals surface area contributed by atoms with Crippen LogP contribution in [0.5, 0.6) is 0 Å². The molecule has 2 aromatic heterocycles. The maximum absolute atomic E-state index is 13.2. The Morgan fingerprint density at radius 1 is 0.972 bits per heavy atom. The van der Waals surface area contributed by atoms with Gasteiger partial charge >= 0.3 is 6.03 Å². The Hall–Kier alpha value is -4.02. The summed E-state index contributed by atoms with van der Waals surface area (Å²) in [5.41, 5.74) is 0.991. The lowest BCUT2D eigenvalue weighted by Gasteiger charge is -2.36. The second-order valence-electron chi connectivity index (χ2n) is 9.58. The van der Waals surface area contributed by atoms with Crippen LogP contribution >= 0.6 is 0 Å². The maximum Gasteiger partial charge on any atom is 0.322 e. The number of anilines is 2. The molecule has 3 aliphatic rings. The fraction of sp³-hybridized carbons (Fsp3) is 0.400. The van der Waals surface area contributed by atoms with Crippen LogP contribution in [0.1, 0.15) is 37.5 Å². The van der Waals surface area contributed by atoms with Crippen LogP contribution in [-0.2, 0) is 4.79 Å². The zero-order valence-electron chi connectivity index (χ0n) is 19.6. The third-order valence-electron chi connectivity index (χ3n) is 7.45. The van der Waals surface area contributed by atoms with Gasteiger partial charge in [-0.2, -0.15) is 4.98 Å². The number of aromatic nitrogens is 3. The molecule has 3 fully saturated rings. The van der Waals surface area contributed by atoms with E-state index in [4.69, 9.17) is 4.52 Å². The van der Waals surface area contributed by atoms with Gasteiger partial charge in [0.05, 0.1) is 0 Å². The predicted molar refractivity (Wildman–Crippen MR) is 129 cm³/mol. The Balaban J connectivity index is 1.06. The standard InChI is InChI=1S/C25H26FN7O3/c26-18-2-4-19(5-3-18)32-11-13-33(14-12-32)20-6-1-17(15-27-20)21-28-22(36-31-21)16-7-9-25(10-8-16)23(34)29-24(35)30-25/h1-6,15-16H,7-14H2,(H2,29,30,34,35). The Bertz CT molecular complexity index is 1260. The minimum atomic E-state index is -0.805. The number of amides is 3. The fourth-order valence-corrected chi connectivity index (χ4v) is 5.31. The van der Waals surface area contributed by atoms with Crippen LogP contribution in [-0.4, -0.2) is 58.8 Å².